The van der Waals surface area contributed by atoms with Crippen molar-refractivity contribution < 1.29 is 5.21 Å². The van der Waals surface area contributed by atoms with E-state index in [0.29, 0.717) is 18.9 Å². The molecule has 5 heteroatoms. The van der Waals surface area contributed by atoms with Gasteiger partial charge in [0.25, 0.3) is 0 Å². The Morgan fingerprint density at radius 3 is 2.83 bits per heavy atom. The van der Waals surface area contributed by atoms with Crippen LogP contribution in [0.15, 0.2) is 23.5 Å². The van der Waals surface area contributed by atoms with E-state index >= 15 is 0 Å². The first-order valence-electron chi connectivity index (χ1n) is 6.17. The summed E-state index contributed by atoms with van der Waals surface area (Å²) in [6, 6.07) is 4.02. The van der Waals surface area contributed by atoms with E-state index in [1.807, 2.05) is 19.2 Å². The van der Waals surface area contributed by atoms with Crippen LogP contribution in [0.1, 0.15) is 25.8 Å². The molecule has 0 amide bonds. The summed E-state index contributed by atoms with van der Waals surface area (Å²) >= 11 is 0. The molecule has 0 radical (unpaired) electrons. The molecule has 5 nitrogen and oxygen atoms in total. The number of aromatic nitrogens is 1. The predicted octanol–water partition coefficient (Wildman–Crippen LogP) is 1.99. The molecule has 0 aliphatic heterocycles. The second kappa shape index (κ2) is 6.83. The number of hydrogen-bond donors (Lipinski definition) is 2. The molecule has 100 valence electrons. The normalized spacial score (nSPS) is 11.9. The number of pyridine rings is 1. The fraction of sp³-hybridized carbons (Fsp3) is 0.538. The third kappa shape index (κ3) is 4.61. The van der Waals surface area contributed by atoms with Crippen molar-refractivity contribution in [2.24, 2.45) is 16.8 Å². The highest BCUT2D eigenvalue weighted by molar-refractivity contribution is 5.80. The Kier molecular flexibility index (Phi) is 5.42. The molecule has 1 aromatic heterocycles. The molecule has 3 N–H and O–H groups in total. The van der Waals surface area contributed by atoms with Crippen molar-refractivity contribution in [3.05, 3.63) is 23.9 Å². The van der Waals surface area contributed by atoms with Crippen LogP contribution in [0.2, 0.25) is 0 Å². The minimum Gasteiger partial charge on any atom is -0.409 e. The Morgan fingerprint density at radius 1 is 1.56 bits per heavy atom. The van der Waals surface area contributed by atoms with Crippen molar-refractivity contribution in [3.8, 4) is 0 Å². The lowest BCUT2D eigenvalue weighted by molar-refractivity contribution is 0.317. The Morgan fingerprint density at radius 2 is 2.28 bits per heavy atom. The Balaban J connectivity index is 2.77. The van der Waals surface area contributed by atoms with Gasteiger partial charge >= 0.3 is 0 Å². The number of rotatable bonds is 6. The van der Waals surface area contributed by atoms with E-state index in [9.17, 15) is 0 Å². The molecule has 0 spiro atoms. The second-order valence-electron chi connectivity index (χ2n) is 4.87. The van der Waals surface area contributed by atoms with E-state index in [-0.39, 0.29) is 5.84 Å². The van der Waals surface area contributed by atoms with Gasteiger partial charge in [0, 0.05) is 25.7 Å². The maximum atomic E-state index is 8.57. The van der Waals surface area contributed by atoms with Gasteiger partial charge in [-0.05, 0) is 30.5 Å². The molecule has 0 saturated heterocycles. The van der Waals surface area contributed by atoms with Gasteiger partial charge in [0.15, 0.2) is 0 Å². The van der Waals surface area contributed by atoms with Crippen LogP contribution in [-0.4, -0.2) is 29.1 Å². The SMILES string of the molecule is Cc1ccnc(N(CCC(N)=NO)CC(C)C)c1. The maximum absolute atomic E-state index is 8.57. The minimum atomic E-state index is 0.247. The van der Waals surface area contributed by atoms with Crippen LogP contribution in [0, 0.1) is 12.8 Å². The molecule has 0 bridgehead atoms. The summed E-state index contributed by atoms with van der Waals surface area (Å²) in [6.07, 6.45) is 2.33. The van der Waals surface area contributed by atoms with Crippen LogP contribution in [0.5, 0.6) is 0 Å². The third-order valence-electron chi connectivity index (χ3n) is 2.58. The van der Waals surface area contributed by atoms with Crippen molar-refractivity contribution in [2.45, 2.75) is 27.2 Å². The summed E-state index contributed by atoms with van der Waals surface area (Å²) in [7, 11) is 0. The molecule has 0 aromatic carbocycles. The van der Waals surface area contributed by atoms with Gasteiger partial charge in [0.05, 0.1) is 0 Å². The topological polar surface area (TPSA) is 74.7 Å². The number of aryl methyl sites for hydroxylation is 1. The van der Waals surface area contributed by atoms with Gasteiger partial charge in [0.1, 0.15) is 11.7 Å². The van der Waals surface area contributed by atoms with Crippen molar-refractivity contribution in [3.63, 3.8) is 0 Å². The Bertz CT molecular complexity index is 404. The first-order chi connectivity index (χ1) is 8.52. The zero-order chi connectivity index (χ0) is 13.5. The molecule has 0 saturated carbocycles. The second-order valence-corrected chi connectivity index (χ2v) is 4.87. The van der Waals surface area contributed by atoms with Crippen molar-refractivity contribution >= 4 is 11.7 Å². The van der Waals surface area contributed by atoms with Crippen LogP contribution >= 0.6 is 0 Å². The smallest absolute Gasteiger partial charge is 0.140 e. The lowest BCUT2D eigenvalue weighted by Gasteiger charge is -2.25. The van der Waals surface area contributed by atoms with Crippen LogP contribution in [0.4, 0.5) is 5.82 Å². The number of amidine groups is 1. The molecule has 0 aliphatic carbocycles. The summed E-state index contributed by atoms with van der Waals surface area (Å²) in [5.74, 6) is 1.71. The quantitative estimate of drug-likeness (QED) is 0.350. The average molecular weight is 250 g/mol. The highest BCUT2D eigenvalue weighted by atomic mass is 16.4. The highest BCUT2D eigenvalue weighted by Gasteiger charge is 2.10. The monoisotopic (exact) mass is 250 g/mol. The minimum absolute atomic E-state index is 0.247. The zero-order valence-corrected chi connectivity index (χ0v) is 11.3. The average Bonchev–Trinajstić information content (AvgIpc) is 2.33. The molecular weight excluding hydrogens is 228 g/mol. The van der Waals surface area contributed by atoms with Crippen LogP contribution in [0.3, 0.4) is 0 Å². The van der Waals surface area contributed by atoms with E-state index in [1.165, 1.54) is 5.56 Å². The highest BCUT2D eigenvalue weighted by Crippen LogP contribution is 2.14. The van der Waals surface area contributed by atoms with Crippen LogP contribution in [-0.2, 0) is 0 Å². The van der Waals surface area contributed by atoms with Crippen molar-refractivity contribution in [1.29, 1.82) is 0 Å². The number of oxime groups is 1. The number of nitrogens with two attached hydrogens (primary N) is 1. The Labute approximate surface area is 108 Å². The van der Waals surface area contributed by atoms with E-state index in [4.69, 9.17) is 10.9 Å². The van der Waals surface area contributed by atoms with Gasteiger partial charge in [-0.15, -0.1) is 0 Å². The maximum Gasteiger partial charge on any atom is 0.140 e. The fourth-order valence-corrected chi connectivity index (χ4v) is 1.73. The fourth-order valence-electron chi connectivity index (χ4n) is 1.73. The molecule has 1 aromatic rings. The molecule has 0 aliphatic rings. The van der Waals surface area contributed by atoms with Crippen LogP contribution in [0.25, 0.3) is 0 Å². The summed E-state index contributed by atoms with van der Waals surface area (Å²) in [5, 5.41) is 11.6. The van der Waals surface area contributed by atoms with E-state index < -0.39 is 0 Å². The van der Waals surface area contributed by atoms with Gasteiger partial charge in [-0.1, -0.05) is 19.0 Å². The van der Waals surface area contributed by atoms with Gasteiger partial charge < -0.3 is 15.8 Å². The van der Waals surface area contributed by atoms with Gasteiger partial charge in [0.2, 0.25) is 0 Å². The van der Waals surface area contributed by atoms with Crippen molar-refractivity contribution in [1.82, 2.24) is 4.98 Å². The molecule has 0 atom stereocenters. The molecule has 18 heavy (non-hydrogen) atoms. The lowest BCUT2D eigenvalue weighted by Crippen LogP contribution is -2.32. The molecule has 0 unspecified atom stereocenters. The summed E-state index contributed by atoms with van der Waals surface area (Å²) in [4.78, 5) is 6.54. The largest absolute Gasteiger partial charge is 0.409 e. The molecule has 1 heterocycles. The van der Waals surface area contributed by atoms with E-state index in [1.54, 1.807) is 0 Å². The summed E-state index contributed by atoms with van der Waals surface area (Å²) < 4.78 is 0. The molecule has 0 fully saturated rings. The van der Waals surface area contributed by atoms with Crippen molar-refractivity contribution in [2.75, 3.05) is 18.0 Å². The van der Waals surface area contributed by atoms with Crippen LogP contribution < -0.4 is 10.6 Å². The zero-order valence-electron chi connectivity index (χ0n) is 11.3. The molecular formula is C13H22N4O. The summed E-state index contributed by atoms with van der Waals surface area (Å²) in [6.45, 7) is 7.96. The van der Waals surface area contributed by atoms with E-state index in [0.717, 1.165) is 12.4 Å². The van der Waals surface area contributed by atoms with Gasteiger partial charge in [-0.25, -0.2) is 4.98 Å². The predicted molar refractivity (Wildman–Crippen MR) is 74.1 cm³/mol. The number of hydrogen-bond acceptors (Lipinski definition) is 4. The molecule has 1 rings (SSSR count). The van der Waals surface area contributed by atoms with Gasteiger partial charge in [-0.3, -0.25) is 0 Å². The standard InChI is InChI=1S/C13H22N4O/c1-10(2)9-17(7-5-12(14)16-18)13-8-11(3)4-6-15-13/h4,6,8,10,18H,5,7,9H2,1-3H3,(H2,14,16). The number of anilines is 1. The lowest BCUT2D eigenvalue weighted by atomic mass is 10.2. The van der Waals surface area contributed by atoms with Gasteiger partial charge in [-0.2, -0.15) is 0 Å². The first-order valence-corrected chi connectivity index (χ1v) is 6.17. The Hall–Kier alpha value is -1.78. The van der Waals surface area contributed by atoms with E-state index in [2.05, 4.69) is 35.0 Å². The first kappa shape index (κ1) is 14.3. The third-order valence-corrected chi connectivity index (χ3v) is 2.58. The summed E-state index contributed by atoms with van der Waals surface area (Å²) in [5.41, 5.74) is 6.69. The number of nitrogens with zero attached hydrogens (tertiary/aromatic N) is 3.